The first-order valence-corrected chi connectivity index (χ1v) is 12.4. The number of nitrogens with one attached hydrogen (secondary N) is 1. The average Bonchev–Trinajstić information content (AvgIpc) is 3.11. The van der Waals surface area contributed by atoms with Crippen molar-refractivity contribution in [1.29, 1.82) is 0 Å². The van der Waals surface area contributed by atoms with Crippen molar-refractivity contribution < 1.29 is 4.79 Å². The molecule has 0 spiro atoms. The van der Waals surface area contributed by atoms with E-state index in [4.69, 9.17) is 0 Å². The molecule has 0 radical (unpaired) electrons. The van der Waals surface area contributed by atoms with E-state index in [2.05, 4.69) is 19.2 Å². The van der Waals surface area contributed by atoms with Crippen LogP contribution in [0.4, 0.5) is 0 Å². The predicted molar refractivity (Wildman–Crippen MR) is 130 cm³/mol. The number of nitrogens with zero attached hydrogens (tertiary/aromatic N) is 2. The Morgan fingerprint density at radius 1 is 1.00 bits per heavy atom. The summed E-state index contributed by atoms with van der Waals surface area (Å²) < 4.78 is 3.86. The van der Waals surface area contributed by atoms with E-state index < -0.39 is 0 Å². The van der Waals surface area contributed by atoms with E-state index in [9.17, 15) is 9.59 Å². The van der Waals surface area contributed by atoms with Crippen molar-refractivity contribution >= 4 is 27.7 Å². The number of hydrogen-bond donors (Lipinski definition) is 1. The second-order valence-corrected chi connectivity index (χ2v) is 10.2. The highest BCUT2D eigenvalue weighted by Crippen LogP contribution is 2.33. The van der Waals surface area contributed by atoms with Crippen LogP contribution in [0.3, 0.4) is 0 Å². The van der Waals surface area contributed by atoms with Gasteiger partial charge in [-0.15, -0.1) is 0 Å². The Hall–Kier alpha value is -2.56. The van der Waals surface area contributed by atoms with Gasteiger partial charge in [-0.05, 0) is 37.2 Å². The third-order valence-corrected chi connectivity index (χ3v) is 8.32. The number of carbonyl (C=O) groups is 1. The molecule has 2 aromatic heterocycles. The van der Waals surface area contributed by atoms with Crippen molar-refractivity contribution in [2.75, 3.05) is 0 Å². The molecule has 3 atom stereocenters. The molecule has 1 aromatic carbocycles. The number of benzene rings is 1. The fourth-order valence-electron chi connectivity index (χ4n) is 6.14. The molecular formula is C27H35N3O2. The highest BCUT2D eigenvalue weighted by molar-refractivity contribution is 6.17. The van der Waals surface area contributed by atoms with E-state index >= 15 is 0 Å². The summed E-state index contributed by atoms with van der Waals surface area (Å²) in [6, 6.07) is 8.41. The highest BCUT2D eigenvalue weighted by atomic mass is 16.2. The summed E-state index contributed by atoms with van der Waals surface area (Å²) in [7, 11) is 1.95. The number of aryl methyl sites for hydroxylation is 1. The molecule has 3 aromatic rings. The lowest BCUT2D eigenvalue weighted by atomic mass is 9.78. The first-order valence-electron chi connectivity index (χ1n) is 12.4. The van der Waals surface area contributed by atoms with Gasteiger partial charge in [0.2, 0.25) is 0 Å². The second-order valence-electron chi connectivity index (χ2n) is 10.2. The molecule has 5 nitrogen and oxygen atoms in total. The number of aromatic nitrogens is 2. The van der Waals surface area contributed by atoms with E-state index in [0.717, 1.165) is 54.8 Å². The smallest absolute Gasteiger partial charge is 0.275 e. The Bertz CT molecular complexity index is 1220. The Balaban J connectivity index is 1.67. The van der Waals surface area contributed by atoms with Gasteiger partial charge in [0.1, 0.15) is 5.52 Å². The van der Waals surface area contributed by atoms with Crippen LogP contribution in [0, 0.1) is 11.8 Å². The average molecular weight is 434 g/mol. The lowest BCUT2D eigenvalue weighted by Gasteiger charge is -2.34. The van der Waals surface area contributed by atoms with Crippen LogP contribution in [-0.2, 0) is 7.05 Å². The summed E-state index contributed by atoms with van der Waals surface area (Å²) in [5, 5.41) is 5.15. The standard InChI is InChI=1S/C27H35N3O2/c1-17-10-9-14-22(18(17)2)28-26(31)21-16-30(19-11-5-4-6-12-19)27(32)25-24(21)20-13-7-8-15-23(20)29(25)3/h7-8,13,15-19,22H,4-6,9-12,14H2,1-3H3,(H,28,31)/t17-,18+,22+/m1/s1. The maximum absolute atomic E-state index is 13.7. The first-order chi connectivity index (χ1) is 15.5. The molecule has 2 saturated carbocycles. The third-order valence-electron chi connectivity index (χ3n) is 8.32. The molecule has 0 bridgehead atoms. The van der Waals surface area contributed by atoms with E-state index in [-0.39, 0.29) is 23.6 Å². The topological polar surface area (TPSA) is 56.0 Å². The van der Waals surface area contributed by atoms with Crippen molar-refractivity contribution in [3.63, 3.8) is 0 Å². The van der Waals surface area contributed by atoms with E-state index in [1.807, 2.05) is 46.6 Å². The van der Waals surface area contributed by atoms with E-state index in [0.29, 0.717) is 22.9 Å². The van der Waals surface area contributed by atoms with Gasteiger partial charge in [0, 0.05) is 41.6 Å². The van der Waals surface area contributed by atoms with Crippen LogP contribution in [0.25, 0.3) is 21.8 Å². The lowest BCUT2D eigenvalue weighted by molar-refractivity contribution is 0.0891. The summed E-state index contributed by atoms with van der Waals surface area (Å²) >= 11 is 0. The minimum Gasteiger partial charge on any atom is -0.349 e. The molecule has 0 saturated heterocycles. The van der Waals surface area contributed by atoms with Gasteiger partial charge in [0.05, 0.1) is 5.56 Å². The summed E-state index contributed by atoms with van der Waals surface area (Å²) in [6.45, 7) is 4.54. The Morgan fingerprint density at radius 3 is 2.53 bits per heavy atom. The van der Waals surface area contributed by atoms with Crippen LogP contribution in [-0.4, -0.2) is 21.1 Å². The lowest BCUT2D eigenvalue weighted by Crippen LogP contribution is -2.44. The van der Waals surface area contributed by atoms with Crippen LogP contribution in [0.2, 0.25) is 0 Å². The third kappa shape index (κ3) is 3.46. The summed E-state index contributed by atoms with van der Waals surface area (Å²) in [5.74, 6) is 1.03. The first kappa shape index (κ1) is 21.3. The molecule has 170 valence electrons. The molecule has 2 aliphatic rings. The van der Waals surface area contributed by atoms with Gasteiger partial charge in [0.25, 0.3) is 11.5 Å². The van der Waals surface area contributed by atoms with Crippen molar-refractivity contribution in [3.8, 4) is 0 Å². The van der Waals surface area contributed by atoms with Crippen molar-refractivity contribution in [1.82, 2.24) is 14.5 Å². The van der Waals surface area contributed by atoms with Crippen LogP contribution in [0.5, 0.6) is 0 Å². The molecule has 1 N–H and O–H groups in total. The molecular weight excluding hydrogens is 398 g/mol. The zero-order valence-corrected chi connectivity index (χ0v) is 19.6. The number of hydrogen-bond acceptors (Lipinski definition) is 2. The summed E-state index contributed by atoms with van der Waals surface area (Å²) in [6.07, 6.45) is 10.8. The molecule has 32 heavy (non-hydrogen) atoms. The minimum atomic E-state index is -0.0399. The number of amides is 1. The highest BCUT2D eigenvalue weighted by Gasteiger charge is 2.30. The molecule has 0 aliphatic heterocycles. The Labute approximate surface area is 189 Å². The van der Waals surface area contributed by atoms with Gasteiger partial charge in [-0.3, -0.25) is 9.59 Å². The Kier molecular flexibility index (Phi) is 5.60. The number of para-hydroxylation sites is 1. The van der Waals surface area contributed by atoms with Gasteiger partial charge < -0.3 is 14.5 Å². The van der Waals surface area contributed by atoms with E-state index in [1.165, 1.54) is 12.8 Å². The normalized spacial score (nSPS) is 24.8. The van der Waals surface area contributed by atoms with Gasteiger partial charge in [0.15, 0.2) is 0 Å². The molecule has 5 heteroatoms. The van der Waals surface area contributed by atoms with Crippen molar-refractivity contribution in [2.24, 2.45) is 18.9 Å². The van der Waals surface area contributed by atoms with Gasteiger partial charge in [-0.25, -0.2) is 0 Å². The fraction of sp³-hybridized carbons (Fsp3) is 0.556. The van der Waals surface area contributed by atoms with Crippen LogP contribution in [0.1, 0.15) is 81.6 Å². The number of carbonyl (C=O) groups excluding carboxylic acids is 1. The number of rotatable bonds is 3. The quantitative estimate of drug-likeness (QED) is 0.588. The monoisotopic (exact) mass is 433 g/mol. The van der Waals surface area contributed by atoms with Gasteiger partial charge in [-0.1, -0.05) is 64.2 Å². The number of pyridine rings is 1. The molecule has 1 amide bonds. The molecule has 2 fully saturated rings. The zero-order valence-electron chi connectivity index (χ0n) is 19.6. The van der Waals surface area contributed by atoms with Crippen LogP contribution < -0.4 is 10.9 Å². The second kappa shape index (κ2) is 8.42. The SMILES string of the molecule is C[C@H]1[C@H](C)CCC[C@@H]1NC(=O)c1cn(C2CCCCC2)c(=O)c2c1c1ccccc1n2C. The van der Waals surface area contributed by atoms with Crippen LogP contribution >= 0.6 is 0 Å². The van der Waals surface area contributed by atoms with Crippen LogP contribution in [0.15, 0.2) is 35.3 Å². The fourth-order valence-corrected chi connectivity index (χ4v) is 6.14. The molecule has 0 unspecified atom stereocenters. The largest absolute Gasteiger partial charge is 0.349 e. The molecule has 5 rings (SSSR count). The Morgan fingerprint density at radius 2 is 1.75 bits per heavy atom. The van der Waals surface area contributed by atoms with Crippen molar-refractivity contribution in [2.45, 2.75) is 77.3 Å². The zero-order chi connectivity index (χ0) is 22.4. The maximum Gasteiger partial charge on any atom is 0.275 e. The molecule has 2 heterocycles. The predicted octanol–water partition coefficient (Wildman–Crippen LogP) is 5.55. The van der Waals surface area contributed by atoms with Crippen molar-refractivity contribution in [3.05, 3.63) is 46.4 Å². The van der Waals surface area contributed by atoms with Gasteiger partial charge >= 0.3 is 0 Å². The van der Waals surface area contributed by atoms with E-state index in [1.54, 1.807) is 0 Å². The maximum atomic E-state index is 13.7. The van der Waals surface area contributed by atoms with Gasteiger partial charge in [-0.2, -0.15) is 0 Å². The molecule has 2 aliphatic carbocycles. The summed E-state index contributed by atoms with van der Waals surface area (Å²) in [5.41, 5.74) is 2.32. The number of fused-ring (bicyclic) bond motifs is 3. The minimum absolute atomic E-state index is 0.0295. The summed E-state index contributed by atoms with van der Waals surface area (Å²) in [4.78, 5) is 27.4.